The van der Waals surface area contributed by atoms with Crippen molar-refractivity contribution in [2.75, 3.05) is 7.11 Å². The molecule has 3 nitrogen and oxygen atoms in total. The molecule has 0 amide bonds. The molecule has 23 heavy (non-hydrogen) atoms. The summed E-state index contributed by atoms with van der Waals surface area (Å²) in [5, 5.41) is 6.12. The number of unbranched alkanes of at least 4 members (excludes halogenated alkanes) is 2. The summed E-state index contributed by atoms with van der Waals surface area (Å²) in [5.41, 5.74) is 4.74. The van der Waals surface area contributed by atoms with E-state index >= 15 is 0 Å². The van der Waals surface area contributed by atoms with Crippen LogP contribution in [0.1, 0.15) is 31.7 Å². The highest BCUT2D eigenvalue weighted by molar-refractivity contribution is 5.95. The lowest BCUT2D eigenvalue weighted by molar-refractivity contribution is 0.415. The van der Waals surface area contributed by atoms with E-state index < -0.39 is 0 Å². The first kappa shape index (κ1) is 15.6. The van der Waals surface area contributed by atoms with Gasteiger partial charge in [0.25, 0.3) is 0 Å². The van der Waals surface area contributed by atoms with E-state index in [0.717, 1.165) is 24.2 Å². The maximum Gasteiger partial charge on any atom is 0.118 e. The van der Waals surface area contributed by atoms with Crippen LogP contribution >= 0.6 is 0 Å². The van der Waals surface area contributed by atoms with Crippen molar-refractivity contribution in [1.82, 2.24) is 9.78 Å². The van der Waals surface area contributed by atoms with Gasteiger partial charge in [-0.2, -0.15) is 5.10 Å². The van der Waals surface area contributed by atoms with Crippen LogP contribution in [0, 0.1) is 6.92 Å². The topological polar surface area (TPSA) is 27.1 Å². The average Bonchev–Trinajstić information content (AvgIpc) is 2.95. The minimum atomic E-state index is 0.881. The lowest BCUT2D eigenvalue weighted by Gasteiger charge is -2.09. The molecule has 0 aliphatic carbocycles. The second-order valence-electron chi connectivity index (χ2n) is 5.98. The van der Waals surface area contributed by atoms with Gasteiger partial charge in [0.2, 0.25) is 0 Å². The molecule has 0 bridgehead atoms. The lowest BCUT2D eigenvalue weighted by atomic mass is 10.1. The third-order valence-corrected chi connectivity index (χ3v) is 4.31. The molecule has 1 aromatic heterocycles. The fourth-order valence-electron chi connectivity index (χ4n) is 3.02. The SMILES string of the molecule is CCCCCn1nc2c(C)cccc2c1-c1ccc(OC)cc1. The summed E-state index contributed by atoms with van der Waals surface area (Å²) >= 11 is 0. The molecule has 0 radical (unpaired) electrons. The zero-order chi connectivity index (χ0) is 16.2. The van der Waals surface area contributed by atoms with E-state index in [9.17, 15) is 0 Å². The van der Waals surface area contributed by atoms with E-state index in [1.807, 2.05) is 12.1 Å². The molecule has 0 N–H and O–H groups in total. The summed E-state index contributed by atoms with van der Waals surface area (Å²) in [7, 11) is 1.70. The number of ether oxygens (including phenoxy) is 1. The van der Waals surface area contributed by atoms with Crippen molar-refractivity contribution in [2.45, 2.75) is 39.7 Å². The van der Waals surface area contributed by atoms with Crippen molar-refractivity contribution >= 4 is 10.9 Å². The predicted octanol–water partition coefficient (Wildman–Crippen LogP) is 5.21. The average molecular weight is 308 g/mol. The molecule has 0 saturated heterocycles. The number of hydrogen-bond acceptors (Lipinski definition) is 2. The summed E-state index contributed by atoms with van der Waals surface area (Å²) in [6.07, 6.45) is 3.61. The third kappa shape index (κ3) is 3.09. The first-order valence-electron chi connectivity index (χ1n) is 8.35. The number of benzene rings is 2. The maximum absolute atomic E-state index is 5.28. The smallest absolute Gasteiger partial charge is 0.118 e. The number of nitrogens with zero attached hydrogens (tertiary/aromatic N) is 2. The molecule has 0 atom stereocenters. The van der Waals surface area contributed by atoms with E-state index in [1.165, 1.54) is 35.0 Å². The Hall–Kier alpha value is -2.29. The molecular formula is C20H24N2O. The lowest BCUT2D eigenvalue weighted by Crippen LogP contribution is -2.02. The normalized spacial score (nSPS) is 11.1. The molecule has 0 fully saturated rings. The van der Waals surface area contributed by atoms with Crippen molar-refractivity contribution in [3.05, 3.63) is 48.0 Å². The summed E-state index contributed by atoms with van der Waals surface area (Å²) in [6.45, 7) is 5.32. The van der Waals surface area contributed by atoms with E-state index in [4.69, 9.17) is 9.84 Å². The Morgan fingerprint density at radius 2 is 1.83 bits per heavy atom. The van der Waals surface area contributed by atoms with Crippen LogP contribution in [-0.2, 0) is 6.54 Å². The monoisotopic (exact) mass is 308 g/mol. The Morgan fingerprint density at radius 1 is 1.04 bits per heavy atom. The Kier molecular flexibility index (Phi) is 4.65. The molecule has 3 rings (SSSR count). The Bertz CT molecular complexity index is 787. The number of hydrogen-bond donors (Lipinski definition) is 0. The van der Waals surface area contributed by atoms with Crippen LogP contribution in [-0.4, -0.2) is 16.9 Å². The quantitative estimate of drug-likeness (QED) is 0.584. The predicted molar refractivity (Wildman–Crippen MR) is 96.0 cm³/mol. The highest BCUT2D eigenvalue weighted by Crippen LogP contribution is 2.31. The van der Waals surface area contributed by atoms with Crippen molar-refractivity contribution < 1.29 is 4.74 Å². The highest BCUT2D eigenvalue weighted by atomic mass is 16.5. The van der Waals surface area contributed by atoms with E-state index in [0.29, 0.717) is 0 Å². The minimum Gasteiger partial charge on any atom is -0.497 e. The molecular weight excluding hydrogens is 284 g/mol. The molecule has 3 heteroatoms. The minimum absolute atomic E-state index is 0.881. The van der Waals surface area contributed by atoms with Gasteiger partial charge < -0.3 is 4.74 Å². The zero-order valence-electron chi connectivity index (χ0n) is 14.2. The van der Waals surface area contributed by atoms with Crippen LogP contribution < -0.4 is 4.74 Å². The van der Waals surface area contributed by atoms with Crippen molar-refractivity contribution in [1.29, 1.82) is 0 Å². The number of methoxy groups -OCH3 is 1. The van der Waals surface area contributed by atoms with Crippen molar-refractivity contribution in [3.8, 4) is 17.0 Å². The second kappa shape index (κ2) is 6.86. The number of fused-ring (bicyclic) bond motifs is 1. The van der Waals surface area contributed by atoms with Gasteiger partial charge in [-0.3, -0.25) is 4.68 Å². The summed E-state index contributed by atoms with van der Waals surface area (Å²) in [5.74, 6) is 0.881. The van der Waals surface area contributed by atoms with Gasteiger partial charge in [0.1, 0.15) is 5.75 Å². The number of rotatable bonds is 6. The van der Waals surface area contributed by atoms with Gasteiger partial charge >= 0.3 is 0 Å². The van der Waals surface area contributed by atoms with Gasteiger partial charge in [0, 0.05) is 17.5 Å². The molecule has 0 aliphatic rings. The van der Waals surface area contributed by atoms with E-state index in [-0.39, 0.29) is 0 Å². The van der Waals surface area contributed by atoms with E-state index in [1.54, 1.807) is 7.11 Å². The number of aromatic nitrogens is 2. The van der Waals surface area contributed by atoms with Gasteiger partial charge in [0.15, 0.2) is 0 Å². The van der Waals surface area contributed by atoms with Crippen LogP contribution in [0.5, 0.6) is 5.75 Å². The molecule has 0 unspecified atom stereocenters. The number of aryl methyl sites for hydroxylation is 2. The van der Waals surface area contributed by atoms with Crippen LogP contribution in [0.15, 0.2) is 42.5 Å². The van der Waals surface area contributed by atoms with Crippen LogP contribution in [0.2, 0.25) is 0 Å². The Labute approximate surface area is 137 Å². The highest BCUT2D eigenvalue weighted by Gasteiger charge is 2.14. The molecule has 0 aliphatic heterocycles. The maximum atomic E-state index is 5.28. The summed E-state index contributed by atoms with van der Waals surface area (Å²) < 4.78 is 7.46. The zero-order valence-corrected chi connectivity index (χ0v) is 14.2. The standard InChI is InChI=1S/C20H24N2O/c1-4-5-6-14-22-20(16-10-12-17(23-3)13-11-16)18-9-7-8-15(2)19(18)21-22/h7-13H,4-6,14H2,1-3H3. The fourth-order valence-corrected chi connectivity index (χ4v) is 3.02. The molecule has 120 valence electrons. The summed E-state index contributed by atoms with van der Waals surface area (Å²) in [6, 6.07) is 14.7. The van der Waals surface area contributed by atoms with Gasteiger partial charge in [0.05, 0.1) is 18.3 Å². The third-order valence-electron chi connectivity index (χ3n) is 4.31. The van der Waals surface area contributed by atoms with Gasteiger partial charge in [-0.05, 0) is 43.2 Å². The van der Waals surface area contributed by atoms with Gasteiger partial charge in [-0.15, -0.1) is 0 Å². The van der Waals surface area contributed by atoms with Crippen molar-refractivity contribution in [3.63, 3.8) is 0 Å². The molecule has 0 saturated carbocycles. The van der Waals surface area contributed by atoms with Crippen molar-refractivity contribution in [2.24, 2.45) is 0 Å². The molecule has 3 aromatic rings. The largest absolute Gasteiger partial charge is 0.497 e. The Balaban J connectivity index is 2.10. The van der Waals surface area contributed by atoms with Gasteiger partial charge in [-0.25, -0.2) is 0 Å². The first-order chi connectivity index (χ1) is 11.2. The van der Waals surface area contributed by atoms with Gasteiger partial charge in [-0.1, -0.05) is 38.0 Å². The molecule has 2 aromatic carbocycles. The fraction of sp³-hybridized carbons (Fsp3) is 0.350. The molecule has 0 spiro atoms. The van der Waals surface area contributed by atoms with Crippen LogP contribution in [0.4, 0.5) is 0 Å². The second-order valence-corrected chi connectivity index (χ2v) is 5.98. The first-order valence-corrected chi connectivity index (χ1v) is 8.35. The van der Waals surface area contributed by atoms with Crippen LogP contribution in [0.25, 0.3) is 22.2 Å². The van der Waals surface area contributed by atoms with Crippen LogP contribution in [0.3, 0.4) is 0 Å². The summed E-state index contributed by atoms with van der Waals surface area (Å²) in [4.78, 5) is 0. The Morgan fingerprint density at radius 3 is 2.52 bits per heavy atom. The van der Waals surface area contributed by atoms with E-state index in [2.05, 4.69) is 48.9 Å². The molecule has 1 heterocycles.